The number of nitrogens with zero attached hydrogens (tertiary/aromatic N) is 1. The van der Waals surface area contributed by atoms with Crippen LogP contribution in [0.3, 0.4) is 0 Å². The van der Waals surface area contributed by atoms with Gasteiger partial charge in [-0.1, -0.05) is 25.5 Å². The Labute approximate surface area is 154 Å². The minimum atomic E-state index is -0.0761. The first kappa shape index (κ1) is 16.8. The smallest absolute Gasteiger partial charge is 0.0577 e. The van der Waals surface area contributed by atoms with Crippen molar-refractivity contribution in [1.82, 2.24) is 4.90 Å². The molecule has 1 N–H and O–H groups in total. The van der Waals surface area contributed by atoms with E-state index >= 15 is 0 Å². The van der Waals surface area contributed by atoms with Gasteiger partial charge >= 0.3 is 0 Å². The summed E-state index contributed by atoms with van der Waals surface area (Å²) in [7, 11) is 2.42. The Morgan fingerprint density at radius 1 is 1.00 bits per heavy atom. The highest BCUT2D eigenvalue weighted by atomic mass is 16.3. The minimum absolute atomic E-state index is 0.0761. The molecule has 5 aliphatic rings. The van der Waals surface area contributed by atoms with Gasteiger partial charge in [0.15, 0.2) is 0 Å². The average Bonchev–Trinajstić information content (AvgIpc) is 3.37. The zero-order valence-electron chi connectivity index (χ0n) is 16.5. The highest BCUT2D eigenvalue weighted by molar-refractivity contribution is 5.25. The van der Waals surface area contributed by atoms with Crippen LogP contribution in [-0.2, 0) is 0 Å². The summed E-state index contributed by atoms with van der Waals surface area (Å²) in [6.07, 6.45) is 15.6. The van der Waals surface area contributed by atoms with Gasteiger partial charge in [0.25, 0.3) is 0 Å². The van der Waals surface area contributed by atoms with Crippen LogP contribution in [0, 0.1) is 28.6 Å². The molecule has 0 radical (unpaired) electrons. The van der Waals surface area contributed by atoms with Crippen molar-refractivity contribution in [3.63, 3.8) is 0 Å². The second kappa shape index (κ2) is 5.58. The molecule has 140 valence electrons. The van der Waals surface area contributed by atoms with Crippen molar-refractivity contribution in [3.8, 4) is 0 Å². The van der Waals surface area contributed by atoms with Gasteiger partial charge in [0, 0.05) is 12.1 Å². The highest BCUT2D eigenvalue weighted by Crippen LogP contribution is 2.65. The maximum absolute atomic E-state index is 10.2. The summed E-state index contributed by atoms with van der Waals surface area (Å²) in [4.78, 5) is 2.78. The van der Waals surface area contributed by atoms with Gasteiger partial charge in [0.2, 0.25) is 0 Å². The Hall–Kier alpha value is -0.340. The molecule has 4 saturated carbocycles. The van der Waals surface area contributed by atoms with Crippen LogP contribution in [0.15, 0.2) is 11.6 Å². The Morgan fingerprint density at radius 2 is 1.80 bits per heavy atom. The van der Waals surface area contributed by atoms with E-state index in [9.17, 15) is 5.11 Å². The van der Waals surface area contributed by atoms with Crippen LogP contribution < -0.4 is 0 Å². The Bertz CT molecular complexity index is 581. The van der Waals surface area contributed by atoms with E-state index in [4.69, 9.17) is 0 Å². The molecule has 4 fully saturated rings. The highest BCUT2D eigenvalue weighted by Gasteiger charge is 2.59. The standard InChI is InChI=1S/C23H37NO/c1-22-12-10-17(25)14-15(22)4-7-18-19-8-9-21(24(3)16-5-6-16)23(19,2)13-11-20(18)22/h4,16-21,25H,5-14H2,1-3H3/t17-,18-,19-,20-,21-,22-,23-/m0/s1. The predicted octanol–water partition coefficient (Wildman–Crippen LogP) is 4.77. The van der Waals surface area contributed by atoms with Crippen molar-refractivity contribution in [2.45, 2.75) is 96.2 Å². The second-order valence-corrected chi connectivity index (χ2v) is 10.7. The van der Waals surface area contributed by atoms with Gasteiger partial charge in [-0.05, 0) is 99.8 Å². The van der Waals surface area contributed by atoms with Gasteiger partial charge in [-0.3, -0.25) is 4.90 Å². The second-order valence-electron chi connectivity index (χ2n) is 10.7. The first-order valence-corrected chi connectivity index (χ1v) is 11.0. The molecule has 0 spiro atoms. The van der Waals surface area contributed by atoms with Gasteiger partial charge in [-0.2, -0.15) is 0 Å². The molecule has 0 aromatic rings. The lowest BCUT2D eigenvalue weighted by Crippen LogP contribution is -2.53. The van der Waals surface area contributed by atoms with Crippen LogP contribution in [0.2, 0.25) is 0 Å². The van der Waals surface area contributed by atoms with Crippen LogP contribution in [0.5, 0.6) is 0 Å². The summed E-state index contributed by atoms with van der Waals surface area (Å²) in [6, 6.07) is 1.73. The first-order chi connectivity index (χ1) is 11.9. The molecule has 2 nitrogen and oxygen atoms in total. The fourth-order valence-corrected chi connectivity index (χ4v) is 8.02. The average molecular weight is 344 g/mol. The zero-order valence-corrected chi connectivity index (χ0v) is 16.5. The lowest BCUT2D eigenvalue weighted by Gasteiger charge is -2.58. The molecule has 0 heterocycles. The van der Waals surface area contributed by atoms with Crippen LogP contribution in [0.25, 0.3) is 0 Å². The molecule has 0 amide bonds. The zero-order chi connectivity index (χ0) is 17.4. The van der Waals surface area contributed by atoms with E-state index in [1.54, 1.807) is 5.57 Å². The molecular weight excluding hydrogens is 306 g/mol. The number of rotatable bonds is 2. The summed E-state index contributed by atoms with van der Waals surface area (Å²) in [5.74, 6) is 2.71. The maximum Gasteiger partial charge on any atom is 0.0577 e. The van der Waals surface area contributed by atoms with Gasteiger partial charge < -0.3 is 5.11 Å². The lowest BCUT2D eigenvalue weighted by atomic mass is 9.48. The molecule has 0 unspecified atom stereocenters. The van der Waals surface area contributed by atoms with Crippen LogP contribution in [0.1, 0.15) is 78.1 Å². The number of hydrogen-bond donors (Lipinski definition) is 1. The Morgan fingerprint density at radius 3 is 2.56 bits per heavy atom. The maximum atomic E-state index is 10.2. The van der Waals surface area contributed by atoms with E-state index in [-0.39, 0.29) is 6.10 Å². The summed E-state index contributed by atoms with van der Waals surface area (Å²) in [5.41, 5.74) is 2.55. The van der Waals surface area contributed by atoms with Crippen LogP contribution in [-0.4, -0.2) is 35.2 Å². The predicted molar refractivity (Wildman–Crippen MR) is 102 cm³/mol. The molecule has 7 atom stereocenters. The van der Waals surface area contributed by atoms with Crippen molar-refractivity contribution in [1.29, 1.82) is 0 Å². The third-order valence-corrected chi connectivity index (χ3v) is 9.64. The summed E-state index contributed by atoms with van der Waals surface area (Å²) >= 11 is 0. The molecule has 0 aliphatic heterocycles. The molecule has 5 rings (SSSR count). The normalized spacial score (nSPS) is 52.4. The SMILES string of the molecule is CN(C1CC1)[C@H]1CC[C@H]2[C@@H]3CC=C4C[C@@H](O)CC[C@]4(C)[C@H]3CC[C@]12C. The van der Waals surface area contributed by atoms with E-state index < -0.39 is 0 Å². The molecule has 0 saturated heterocycles. The fourth-order valence-electron chi connectivity index (χ4n) is 8.02. The number of hydrogen-bond acceptors (Lipinski definition) is 2. The minimum Gasteiger partial charge on any atom is -0.393 e. The fraction of sp³-hybridized carbons (Fsp3) is 0.913. The van der Waals surface area contributed by atoms with E-state index in [1.807, 2.05) is 0 Å². The third kappa shape index (κ3) is 2.35. The van der Waals surface area contributed by atoms with Crippen molar-refractivity contribution in [2.75, 3.05) is 7.05 Å². The Balaban J connectivity index is 1.43. The van der Waals surface area contributed by atoms with E-state index in [0.717, 1.165) is 42.7 Å². The largest absolute Gasteiger partial charge is 0.393 e. The van der Waals surface area contributed by atoms with Crippen molar-refractivity contribution < 1.29 is 5.11 Å². The monoisotopic (exact) mass is 343 g/mol. The summed E-state index contributed by atoms with van der Waals surface area (Å²) in [5, 5.41) is 10.2. The lowest BCUT2D eigenvalue weighted by molar-refractivity contribution is -0.0572. The number of aliphatic hydroxyl groups is 1. The Kier molecular flexibility index (Phi) is 3.75. The van der Waals surface area contributed by atoms with Gasteiger partial charge in [-0.25, -0.2) is 0 Å². The van der Waals surface area contributed by atoms with Crippen molar-refractivity contribution in [3.05, 3.63) is 11.6 Å². The molecule has 5 aliphatic carbocycles. The third-order valence-electron chi connectivity index (χ3n) is 9.64. The molecule has 2 heteroatoms. The first-order valence-electron chi connectivity index (χ1n) is 11.0. The summed E-state index contributed by atoms with van der Waals surface area (Å²) in [6.45, 7) is 5.20. The van der Waals surface area contributed by atoms with Crippen molar-refractivity contribution >= 4 is 0 Å². The topological polar surface area (TPSA) is 23.5 Å². The molecular formula is C23H37NO. The van der Waals surface area contributed by atoms with Crippen molar-refractivity contribution in [2.24, 2.45) is 28.6 Å². The molecule has 25 heavy (non-hydrogen) atoms. The van der Waals surface area contributed by atoms with E-state index in [0.29, 0.717) is 10.8 Å². The van der Waals surface area contributed by atoms with E-state index in [2.05, 4.69) is 31.9 Å². The van der Waals surface area contributed by atoms with Gasteiger partial charge in [-0.15, -0.1) is 0 Å². The van der Waals surface area contributed by atoms with Crippen LogP contribution >= 0.6 is 0 Å². The molecule has 0 aromatic carbocycles. The number of allylic oxidation sites excluding steroid dienone is 1. The number of fused-ring (bicyclic) bond motifs is 5. The quantitative estimate of drug-likeness (QED) is 0.730. The van der Waals surface area contributed by atoms with E-state index in [1.165, 1.54) is 51.4 Å². The number of aliphatic hydroxyl groups excluding tert-OH is 1. The molecule has 0 bridgehead atoms. The summed E-state index contributed by atoms with van der Waals surface area (Å²) < 4.78 is 0. The molecule has 0 aromatic heterocycles. The van der Waals surface area contributed by atoms with Gasteiger partial charge in [0.05, 0.1) is 6.10 Å². The van der Waals surface area contributed by atoms with Crippen LogP contribution in [0.4, 0.5) is 0 Å². The van der Waals surface area contributed by atoms with Gasteiger partial charge in [0.1, 0.15) is 0 Å².